The van der Waals surface area contributed by atoms with Crippen LogP contribution < -0.4 is 5.73 Å². The minimum atomic E-state index is 0.321. The quantitative estimate of drug-likeness (QED) is 0.888. The maximum Gasteiger partial charge on any atom is 0.106 e. The molecular weight excluding hydrogens is 234 g/mol. The molecule has 3 heteroatoms. The number of hydrogen-bond donors (Lipinski definition) is 1. The van der Waals surface area contributed by atoms with Gasteiger partial charge in [0, 0.05) is 11.7 Å². The van der Waals surface area contributed by atoms with E-state index in [1.165, 1.54) is 68.6 Å². The average molecular weight is 261 g/mol. The van der Waals surface area contributed by atoms with Crippen LogP contribution in [0.1, 0.15) is 68.7 Å². The summed E-state index contributed by atoms with van der Waals surface area (Å²) in [7, 11) is 0. The van der Waals surface area contributed by atoms with Crippen LogP contribution >= 0.6 is 0 Å². The lowest BCUT2D eigenvalue weighted by Gasteiger charge is -2.36. The van der Waals surface area contributed by atoms with Gasteiger partial charge in [0.05, 0.1) is 11.7 Å². The molecule has 1 heterocycles. The van der Waals surface area contributed by atoms with E-state index in [1.54, 1.807) is 0 Å². The molecule has 1 saturated carbocycles. The van der Waals surface area contributed by atoms with Gasteiger partial charge in [-0.25, -0.2) is 4.98 Å². The van der Waals surface area contributed by atoms with Gasteiger partial charge in [0.2, 0.25) is 0 Å². The molecule has 0 aromatic carbocycles. The normalized spacial score (nSPS) is 31.2. The molecule has 1 aromatic rings. The van der Waals surface area contributed by atoms with Crippen LogP contribution in [0.5, 0.6) is 0 Å². The summed E-state index contributed by atoms with van der Waals surface area (Å²) in [4.78, 5) is 4.82. The molecule has 3 nitrogen and oxygen atoms in total. The fraction of sp³-hybridized carbons (Fsp3) is 0.812. The summed E-state index contributed by atoms with van der Waals surface area (Å²) in [5.74, 6) is 2.05. The third-order valence-corrected chi connectivity index (χ3v) is 5.23. The van der Waals surface area contributed by atoms with Gasteiger partial charge in [-0.3, -0.25) is 0 Å². The zero-order chi connectivity index (χ0) is 13.4. The highest BCUT2D eigenvalue weighted by molar-refractivity contribution is 5.21. The fourth-order valence-electron chi connectivity index (χ4n) is 4.06. The highest BCUT2D eigenvalue weighted by atomic mass is 15.1. The molecule has 106 valence electrons. The molecule has 1 fully saturated rings. The van der Waals surface area contributed by atoms with Crippen LogP contribution in [0.15, 0.2) is 0 Å². The summed E-state index contributed by atoms with van der Waals surface area (Å²) in [6.45, 7) is 4.48. The Hall–Kier alpha value is -0.830. The SMILES string of the molecule is CCC1CCC(N)C(n2c(C)nc3c2CCCC3)C1. The molecule has 0 radical (unpaired) electrons. The topological polar surface area (TPSA) is 43.8 Å². The van der Waals surface area contributed by atoms with Crippen LogP contribution in [0.4, 0.5) is 0 Å². The molecule has 2 N–H and O–H groups in total. The third-order valence-electron chi connectivity index (χ3n) is 5.23. The Labute approximate surface area is 116 Å². The van der Waals surface area contributed by atoms with E-state index in [4.69, 9.17) is 10.7 Å². The zero-order valence-electron chi connectivity index (χ0n) is 12.4. The summed E-state index contributed by atoms with van der Waals surface area (Å²) in [6, 6.07) is 0.815. The molecule has 19 heavy (non-hydrogen) atoms. The second kappa shape index (κ2) is 5.28. The third kappa shape index (κ3) is 2.33. The van der Waals surface area contributed by atoms with Crippen molar-refractivity contribution in [1.82, 2.24) is 9.55 Å². The molecule has 1 aromatic heterocycles. The number of fused-ring (bicyclic) bond motifs is 1. The molecule has 0 spiro atoms. The summed E-state index contributed by atoms with van der Waals surface area (Å²) < 4.78 is 2.51. The predicted octanol–water partition coefficient (Wildman–Crippen LogP) is 3.15. The molecule has 3 unspecified atom stereocenters. The minimum Gasteiger partial charge on any atom is -0.327 e. The van der Waals surface area contributed by atoms with E-state index >= 15 is 0 Å². The molecule has 2 aliphatic rings. The maximum absolute atomic E-state index is 6.44. The van der Waals surface area contributed by atoms with Crippen LogP contribution in [-0.4, -0.2) is 15.6 Å². The zero-order valence-corrected chi connectivity index (χ0v) is 12.4. The second-order valence-electron chi connectivity index (χ2n) is 6.45. The number of aryl methyl sites for hydroxylation is 2. The molecule has 0 bridgehead atoms. The van der Waals surface area contributed by atoms with E-state index in [-0.39, 0.29) is 0 Å². The van der Waals surface area contributed by atoms with Crippen molar-refractivity contribution in [2.45, 2.75) is 77.3 Å². The van der Waals surface area contributed by atoms with E-state index in [1.807, 2.05) is 0 Å². The van der Waals surface area contributed by atoms with Crippen LogP contribution in [0.2, 0.25) is 0 Å². The highest BCUT2D eigenvalue weighted by Crippen LogP contribution is 2.36. The van der Waals surface area contributed by atoms with Gasteiger partial charge in [-0.05, 0) is 57.8 Å². The molecule has 3 rings (SSSR count). The van der Waals surface area contributed by atoms with Crippen molar-refractivity contribution in [2.75, 3.05) is 0 Å². The van der Waals surface area contributed by atoms with Gasteiger partial charge >= 0.3 is 0 Å². The van der Waals surface area contributed by atoms with Gasteiger partial charge in [-0.15, -0.1) is 0 Å². The summed E-state index contributed by atoms with van der Waals surface area (Å²) >= 11 is 0. The molecule has 0 saturated heterocycles. The van der Waals surface area contributed by atoms with Gasteiger partial charge in [0.1, 0.15) is 5.82 Å². The predicted molar refractivity (Wildman–Crippen MR) is 78.3 cm³/mol. The lowest BCUT2D eigenvalue weighted by atomic mass is 9.81. The number of imidazole rings is 1. The van der Waals surface area contributed by atoms with Crippen LogP contribution in [0.25, 0.3) is 0 Å². The van der Waals surface area contributed by atoms with E-state index < -0.39 is 0 Å². The van der Waals surface area contributed by atoms with Gasteiger partial charge in [-0.2, -0.15) is 0 Å². The van der Waals surface area contributed by atoms with E-state index in [2.05, 4.69) is 18.4 Å². The van der Waals surface area contributed by atoms with Gasteiger partial charge < -0.3 is 10.3 Å². The first kappa shape index (κ1) is 13.2. The summed E-state index contributed by atoms with van der Waals surface area (Å²) in [5, 5.41) is 0. The van der Waals surface area contributed by atoms with Crippen LogP contribution in [-0.2, 0) is 12.8 Å². The number of nitrogens with two attached hydrogens (primary N) is 1. The van der Waals surface area contributed by atoms with Crippen LogP contribution in [0, 0.1) is 12.8 Å². The van der Waals surface area contributed by atoms with Crippen LogP contribution in [0.3, 0.4) is 0 Å². The van der Waals surface area contributed by atoms with Crippen molar-refractivity contribution >= 4 is 0 Å². The van der Waals surface area contributed by atoms with Crippen molar-refractivity contribution in [2.24, 2.45) is 11.7 Å². The first-order valence-corrected chi connectivity index (χ1v) is 8.02. The largest absolute Gasteiger partial charge is 0.327 e. The Bertz CT molecular complexity index is 449. The molecule has 2 aliphatic carbocycles. The van der Waals surface area contributed by atoms with Gasteiger partial charge in [0.25, 0.3) is 0 Å². The first-order chi connectivity index (χ1) is 9.20. The number of rotatable bonds is 2. The number of nitrogens with zero attached hydrogens (tertiary/aromatic N) is 2. The maximum atomic E-state index is 6.44. The Morgan fingerprint density at radius 2 is 2.05 bits per heavy atom. The molecule has 0 aliphatic heterocycles. The molecule has 3 atom stereocenters. The van der Waals surface area contributed by atoms with Crippen molar-refractivity contribution in [3.05, 3.63) is 17.2 Å². The minimum absolute atomic E-state index is 0.321. The second-order valence-corrected chi connectivity index (χ2v) is 6.45. The standard InChI is InChI=1S/C16H27N3/c1-3-12-8-9-13(17)16(10-12)19-11(2)18-14-6-4-5-7-15(14)19/h12-13,16H,3-10,17H2,1-2H3. The monoisotopic (exact) mass is 261 g/mol. The smallest absolute Gasteiger partial charge is 0.106 e. The van der Waals surface area contributed by atoms with Gasteiger partial charge in [-0.1, -0.05) is 13.3 Å². The molecule has 0 amide bonds. The lowest BCUT2D eigenvalue weighted by Crippen LogP contribution is -2.39. The Morgan fingerprint density at radius 1 is 1.26 bits per heavy atom. The first-order valence-electron chi connectivity index (χ1n) is 8.02. The molecular formula is C16H27N3. The van der Waals surface area contributed by atoms with Crippen molar-refractivity contribution < 1.29 is 0 Å². The average Bonchev–Trinajstić information content (AvgIpc) is 2.75. The van der Waals surface area contributed by atoms with E-state index in [0.29, 0.717) is 12.1 Å². The lowest BCUT2D eigenvalue weighted by molar-refractivity contribution is 0.224. The Kier molecular flexibility index (Phi) is 3.66. The van der Waals surface area contributed by atoms with E-state index in [9.17, 15) is 0 Å². The Balaban J connectivity index is 1.93. The summed E-state index contributed by atoms with van der Waals surface area (Å²) in [6.07, 6.45) is 10.0. The van der Waals surface area contributed by atoms with Crippen molar-refractivity contribution in [3.63, 3.8) is 0 Å². The van der Waals surface area contributed by atoms with Gasteiger partial charge in [0.15, 0.2) is 0 Å². The number of aromatic nitrogens is 2. The van der Waals surface area contributed by atoms with Crippen molar-refractivity contribution in [3.8, 4) is 0 Å². The fourth-order valence-corrected chi connectivity index (χ4v) is 4.06. The van der Waals surface area contributed by atoms with Crippen molar-refractivity contribution in [1.29, 1.82) is 0 Å². The highest BCUT2D eigenvalue weighted by Gasteiger charge is 2.32. The van der Waals surface area contributed by atoms with E-state index in [0.717, 1.165) is 5.92 Å². The Morgan fingerprint density at radius 3 is 2.84 bits per heavy atom. The number of hydrogen-bond acceptors (Lipinski definition) is 2. The summed E-state index contributed by atoms with van der Waals surface area (Å²) in [5.41, 5.74) is 9.30.